The van der Waals surface area contributed by atoms with Gasteiger partial charge in [-0.15, -0.1) is 0 Å². The molecule has 4 nitrogen and oxygen atoms in total. The normalized spacial score (nSPS) is 20.1. The number of nitrogens with one attached hydrogen (secondary N) is 1. The van der Waals surface area contributed by atoms with Gasteiger partial charge in [-0.2, -0.15) is 0 Å². The Balaban J connectivity index is 1.87. The molecule has 1 aliphatic heterocycles. The first-order chi connectivity index (χ1) is 9.47. The van der Waals surface area contributed by atoms with E-state index in [4.69, 9.17) is 0 Å². The van der Waals surface area contributed by atoms with Gasteiger partial charge >= 0.3 is 0 Å². The smallest absolute Gasteiger partial charge is 0.251 e. The van der Waals surface area contributed by atoms with Gasteiger partial charge in [-0.25, -0.2) is 8.42 Å². The lowest BCUT2D eigenvalue weighted by Crippen LogP contribution is -2.14. The quantitative estimate of drug-likeness (QED) is 0.910. The second-order valence-electron chi connectivity index (χ2n) is 5.46. The number of aryl methyl sites for hydroxylation is 1. The molecule has 1 aliphatic carbocycles. The molecule has 0 saturated carbocycles. The molecular weight excluding hydrogens is 274 g/mol. The van der Waals surface area contributed by atoms with Crippen molar-refractivity contribution >= 4 is 21.4 Å². The molecule has 1 amide bonds. The first kappa shape index (κ1) is 13.4. The summed E-state index contributed by atoms with van der Waals surface area (Å²) in [6.07, 6.45) is 3.37. The highest BCUT2D eigenvalue weighted by Gasteiger charge is 2.26. The number of hydrogen-bond donors (Lipinski definition) is 1. The minimum atomic E-state index is -3.16. The second kappa shape index (κ2) is 4.74. The number of rotatable bonds is 2. The Labute approximate surface area is 118 Å². The second-order valence-corrected chi connectivity index (χ2v) is 7.54. The molecule has 0 radical (unpaired) electrons. The van der Waals surface area contributed by atoms with Gasteiger partial charge in [0, 0.05) is 11.3 Å². The highest BCUT2D eigenvalue weighted by Crippen LogP contribution is 2.30. The number of anilines is 1. The fourth-order valence-electron chi connectivity index (χ4n) is 2.89. The van der Waals surface area contributed by atoms with E-state index in [1.165, 1.54) is 0 Å². The molecule has 5 heteroatoms. The van der Waals surface area contributed by atoms with Gasteiger partial charge in [0.05, 0.1) is 10.6 Å². The maximum atomic E-state index is 12.2. The molecule has 0 aromatic heterocycles. The summed E-state index contributed by atoms with van der Waals surface area (Å²) in [6.45, 7) is 1.98. The molecule has 106 valence electrons. The standard InChI is InChI=1S/C15H17NO3S/c1-10-3-2-4-13(10)15(17)16-12-6-5-11-7-8-20(18,19)14(11)9-12/h5-6,9H,2-4,7-8H2,1H3,(H,16,17). The summed E-state index contributed by atoms with van der Waals surface area (Å²) in [5.41, 5.74) is 3.38. The van der Waals surface area contributed by atoms with E-state index in [9.17, 15) is 13.2 Å². The topological polar surface area (TPSA) is 63.2 Å². The highest BCUT2D eigenvalue weighted by molar-refractivity contribution is 7.91. The van der Waals surface area contributed by atoms with Crippen molar-refractivity contribution in [1.29, 1.82) is 0 Å². The number of hydrogen-bond acceptors (Lipinski definition) is 3. The molecule has 0 unspecified atom stereocenters. The number of fused-ring (bicyclic) bond motifs is 1. The van der Waals surface area contributed by atoms with Gasteiger partial charge in [0.1, 0.15) is 0 Å². The molecular formula is C15H17NO3S. The zero-order valence-corrected chi connectivity index (χ0v) is 12.2. The van der Waals surface area contributed by atoms with Crippen molar-refractivity contribution in [2.45, 2.75) is 37.5 Å². The fraction of sp³-hybridized carbons (Fsp3) is 0.400. The highest BCUT2D eigenvalue weighted by atomic mass is 32.2. The average Bonchev–Trinajstić information content (AvgIpc) is 2.94. The van der Waals surface area contributed by atoms with Crippen LogP contribution in [0.5, 0.6) is 0 Å². The summed E-state index contributed by atoms with van der Waals surface area (Å²) >= 11 is 0. The third-order valence-corrected chi connectivity index (χ3v) is 5.86. The predicted octanol–water partition coefficient (Wildman–Crippen LogP) is 2.46. The Kier molecular flexibility index (Phi) is 3.17. The van der Waals surface area contributed by atoms with E-state index in [0.29, 0.717) is 17.0 Å². The number of carbonyl (C=O) groups excluding carboxylic acids is 1. The average molecular weight is 291 g/mol. The lowest BCUT2D eigenvalue weighted by atomic mass is 10.1. The summed E-state index contributed by atoms with van der Waals surface area (Å²) in [7, 11) is -3.16. The van der Waals surface area contributed by atoms with Crippen LogP contribution < -0.4 is 5.32 Å². The number of amides is 1. The first-order valence-corrected chi connectivity index (χ1v) is 8.48. The SMILES string of the molecule is CC1=C(C(=O)Nc2ccc3c(c2)S(=O)(=O)CC3)CCC1. The van der Waals surface area contributed by atoms with Gasteiger partial charge in [0.2, 0.25) is 0 Å². The van der Waals surface area contributed by atoms with E-state index in [-0.39, 0.29) is 11.7 Å². The Morgan fingerprint density at radius 3 is 2.70 bits per heavy atom. The van der Waals surface area contributed by atoms with E-state index >= 15 is 0 Å². The molecule has 1 aromatic rings. The van der Waals surface area contributed by atoms with Crippen LogP contribution >= 0.6 is 0 Å². The molecule has 0 atom stereocenters. The van der Waals surface area contributed by atoms with Crippen molar-refractivity contribution in [2.24, 2.45) is 0 Å². The third kappa shape index (κ3) is 2.26. The molecule has 1 N–H and O–H groups in total. The van der Waals surface area contributed by atoms with Crippen molar-refractivity contribution in [2.75, 3.05) is 11.1 Å². The minimum Gasteiger partial charge on any atom is -0.322 e. The molecule has 20 heavy (non-hydrogen) atoms. The number of allylic oxidation sites excluding steroid dienone is 1. The van der Waals surface area contributed by atoms with E-state index in [0.717, 1.165) is 36.0 Å². The van der Waals surface area contributed by atoms with Gasteiger partial charge in [-0.3, -0.25) is 4.79 Å². The van der Waals surface area contributed by atoms with Gasteiger partial charge in [-0.1, -0.05) is 11.6 Å². The lowest BCUT2D eigenvalue weighted by Gasteiger charge is -2.08. The van der Waals surface area contributed by atoms with Gasteiger partial charge in [0.25, 0.3) is 5.91 Å². The number of benzene rings is 1. The van der Waals surface area contributed by atoms with Crippen molar-refractivity contribution < 1.29 is 13.2 Å². The summed E-state index contributed by atoms with van der Waals surface area (Å²) in [4.78, 5) is 12.5. The number of sulfone groups is 1. The maximum Gasteiger partial charge on any atom is 0.251 e. The molecule has 0 fully saturated rings. The van der Waals surface area contributed by atoms with Crippen molar-refractivity contribution in [1.82, 2.24) is 0 Å². The van der Waals surface area contributed by atoms with Crippen LogP contribution in [0.4, 0.5) is 5.69 Å². The molecule has 1 heterocycles. The van der Waals surface area contributed by atoms with Crippen LogP contribution in [0.15, 0.2) is 34.2 Å². The van der Waals surface area contributed by atoms with Crippen LogP contribution in [-0.4, -0.2) is 20.1 Å². The number of carbonyl (C=O) groups is 1. The molecule has 0 spiro atoms. The van der Waals surface area contributed by atoms with Crippen molar-refractivity contribution in [3.05, 3.63) is 34.9 Å². The van der Waals surface area contributed by atoms with E-state index < -0.39 is 9.84 Å². The molecule has 0 saturated heterocycles. The van der Waals surface area contributed by atoms with Gasteiger partial charge in [-0.05, 0) is 50.3 Å². The molecule has 3 rings (SSSR count). The summed E-state index contributed by atoms with van der Waals surface area (Å²) in [6, 6.07) is 5.16. The summed E-state index contributed by atoms with van der Waals surface area (Å²) < 4.78 is 23.8. The van der Waals surface area contributed by atoms with Crippen LogP contribution in [0.2, 0.25) is 0 Å². The van der Waals surface area contributed by atoms with Crippen molar-refractivity contribution in [3.8, 4) is 0 Å². The first-order valence-electron chi connectivity index (χ1n) is 6.83. The van der Waals surface area contributed by atoms with Gasteiger partial charge < -0.3 is 5.32 Å². The Morgan fingerprint density at radius 2 is 2.00 bits per heavy atom. The molecule has 0 bridgehead atoms. The zero-order valence-electron chi connectivity index (χ0n) is 11.4. The van der Waals surface area contributed by atoms with Gasteiger partial charge in [0.15, 0.2) is 9.84 Å². The monoisotopic (exact) mass is 291 g/mol. The van der Waals surface area contributed by atoms with Crippen LogP contribution in [0.25, 0.3) is 0 Å². The summed E-state index contributed by atoms with van der Waals surface area (Å²) in [5.74, 6) is 0.0691. The van der Waals surface area contributed by atoms with Crippen LogP contribution in [-0.2, 0) is 21.1 Å². The third-order valence-electron chi connectivity index (χ3n) is 4.07. The lowest BCUT2D eigenvalue weighted by molar-refractivity contribution is -0.113. The van der Waals surface area contributed by atoms with Crippen LogP contribution in [0, 0.1) is 0 Å². The Bertz CT molecular complexity index is 717. The largest absolute Gasteiger partial charge is 0.322 e. The van der Waals surface area contributed by atoms with E-state index in [1.807, 2.05) is 6.92 Å². The maximum absolute atomic E-state index is 12.2. The van der Waals surface area contributed by atoms with Crippen LogP contribution in [0.3, 0.4) is 0 Å². The fourth-order valence-corrected chi connectivity index (χ4v) is 4.48. The minimum absolute atomic E-state index is 0.102. The van der Waals surface area contributed by atoms with E-state index in [2.05, 4.69) is 5.32 Å². The molecule has 1 aromatic carbocycles. The van der Waals surface area contributed by atoms with Crippen molar-refractivity contribution in [3.63, 3.8) is 0 Å². The predicted molar refractivity (Wildman–Crippen MR) is 77.4 cm³/mol. The van der Waals surface area contributed by atoms with Crippen LogP contribution in [0.1, 0.15) is 31.7 Å². The Hall–Kier alpha value is -1.62. The zero-order chi connectivity index (χ0) is 14.3. The summed E-state index contributed by atoms with van der Waals surface area (Å²) in [5, 5.41) is 2.82. The Morgan fingerprint density at radius 1 is 1.20 bits per heavy atom. The van der Waals surface area contributed by atoms with E-state index in [1.54, 1.807) is 18.2 Å². The molecule has 2 aliphatic rings.